The van der Waals surface area contributed by atoms with Gasteiger partial charge in [-0.1, -0.05) is 12.1 Å². The molecule has 7 nitrogen and oxygen atoms in total. The minimum Gasteiger partial charge on any atom is -0.495 e. The number of Topliss-reactive ketones (excluding diaryl/α,β-unsaturated/α-hetero) is 1. The third kappa shape index (κ3) is 4.76. The molecule has 34 heavy (non-hydrogen) atoms. The molecule has 1 aromatic heterocycles. The fourth-order valence-electron chi connectivity index (χ4n) is 3.88. The van der Waals surface area contributed by atoms with Crippen molar-refractivity contribution in [2.45, 2.75) is 12.3 Å². The van der Waals surface area contributed by atoms with E-state index < -0.39 is 11.7 Å². The minimum atomic E-state index is -0.662. The number of halogens is 2. The molecule has 1 atom stereocenters. The van der Waals surface area contributed by atoms with Gasteiger partial charge in [-0.3, -0.25) is 4.79 Å². The largest absolute Gasteiger partial charge is 0.495 e. The number of rotatable bonds is 9. The number of carbonyl (C=O) groups excluding carboxylic acids is 1. The van der Waals surface area contributed by atoms with Gasteiger partial charge >= 0.3 is 0 Å². The van der Waals surface area contributed by atoms with Crippen LogP contribution in [0.3, 0.4) is 0 Å². The number of ether oxygens (including phenoxy) is 3. The number of aromatic nitrogens is 2. The molecule has 0 saturated carbocycles. The fraction of sp³-hybridized carbons (Fsp3) is 0.200. The van der Waals surface area contributed by atoms with Crippen molar-refractivity contribution in [3.63, 3.8) is 0 Å². The predicted octanol–water partition coefficient (Wildman–Crippen LogP) is 5.44. The second-order valence-corrected chi connectivity index (χ2v) is 8.45. The second kappa shape index (κ2) is 10.2. The summed E-state index contributed by atoms with van der Waals surface area (Å²) in [5, 5.41) is 0. The second-order valence-electron chi connectivity index (χ2n) is 7.60. The highest BCUT2D eigenvalue weighted by atomic mass is 79.9. The van der Waals surface area contributed by atoms with Crippen LogP contribution in [0.1, 0.15) is 34.1 Å². The number of H-pyrrole nitrogens is 1. The number of hydrogen-bond acceptors (Lipinski definition) is 6. The number of anilines is 1. The normalized spacial score (nSPS) is 12.0. The molecular formula is C25H23BrFN3O4. The lowest BCUT2D eigenvalue weighted by Crippen LogP contribution is -2.15. The van der Waals surface area contributed by atoms with E-state index in [0.717, 1.165) is 11.0 Å². The number of carbonyl (C=O) groups is 1. The van der Waals surface area contributed by atoms with Gasteiger partial charge in [0.25, 0.3) is 0 Å². The van der Waals surface area contributed by atoms with E-state index in [9.17, 15) is 9.18 Å². The zero-order valence-electron chi connectivity index (χ0n) is 18.6. The van der Waals surface area contributed by atoms with Gasteiger partial charge in [0.15, 0.2) is 12.6 Å². The summed E-state index contributed by atoms with van der Waals surface area (Å²) < 4.78 is 31.2. The molecule has 0 spiro atoms. The summed E-state index contributed by atoms with van der Waals surface area (Å²) in [6, 6.07) is 15.0. The first-order valence-corrected chi connectivity index (χ1v) is 11.2. The number of fused-ring (bicyclic) bond motifs is 1. The van der Waals surface area contributed by atoms with Gasteiger partial charge < -0.3 is 24.9 Å². The van der Waals surface area contributed by atoms with Crippen molar-refractivity contribution in [3.8, 4) is 11.5 Å². The summed E-state index contributed by atoms with van der Waals surface area (Å²) in [4.78, 5) is 21.5. The number of nitrogen functional groups attached to an aromatic ring is 1. The first kappa shape index (κ1) is 23.7. The van der Waals surface area contributed by atoms with Crippen molar-refractivity contribution in [1.82, 2.24) is 9.97 Å². The first-order valence-electron chi connectivity index (χ1n) is 10.4. The third-order valence-electron chi connectivity index (χ3n) is 5.43. The number of hydrogen-bond donors (Lipinski definition) is 2. The van der Waals surface area contributed by atoms with Crippen LogP contribution in [-0.4, -0.2) is 36.8 Å². The van der Waals surface area contributed by atoms with Gasteiger partial charge in [0, 0.05) is 24.8 Å². The third-order valence-corrected chi connectivity index (χ3v) is 6.06. The molecule has 3 aromatic carbocycles. The van der Waals surface area contributed by atoms with E-state index in [-0.39, 0.29) is 30.2 Å². The van der Waals surface area contributed by atoms with Gasteiger partial charge in [-0.05, 0) is 58.4 Å². The summed E-state index contributed by atoms with van der Waals surface area (Å²) >= 11 is 3.40. The number of ketones is 1. The van der Waals surface area contributed by atoms with Crippen LogP contribution >= 0.6 is 15.9 Å². The molecule has 176 valence electrons. The predicted molar refractivity (Wildman–Crippen MR) is 131 cm³/mol. The number of nitrogens with zero attached hydrogens (tertiary/aromatic N) is 1. The Morgan fingerprint density at radius 1 is 1.18 bits per heavy atom. The quantitative estimate of drug-likeness (QED) is 0.171. The monoisotopic (exact) mass is 527 g/mol. The van der Waals surface area contributed by atoms with E-state index >= 15 is 0 Å². The zero-order valence-corrected chi connectivity index (χ0v) is 20.2. The van der Waals surface area contributed by atoms with Crippen molar-refractivity contribution in [2.24, 2.45) is 0 Å². The number of aromatic amines is 1. The van der Waals surface area contributed by atoms with Crippen molar-refractivity contribution in [2.75, 3.05) is 26.7 Å². The Hall–Kier alpha value is -3.43. The molecule has 0 radical (unpaired) electrons. The SMILES string of the molecule is COCOc1ccc(F)cc1C(CC(=O)c1c(N)ccc(Br)c1OC)c1nc2ccccc2[nH]1. The fourth-order valence-corrected chi connectivity index (χ4v) is 4.38. The van der Waals surface area contributed by atoms with Crippen molar-refractivity contribution in [1.29, 1.82) is 0 Å². The number of para-hydroxylation sites is 2. The number of nitrogens with one attached hydrogen (secondary N) is 1. The van der Waals surface area contributed by atoms with Crippen LogP contribution in [0.25, 0.3) is 11.0 Å². The molecule has 3 N–H and O–H groups in total. The Kier molecular flexibility index (Phi) is 7.14. The molecule has 0 fully saturated rings. The molecule has 1 unspecified atom stereocenters. The van der Waals surface area contributed by atoms with Gasteiger partial charge in [0.05, 0.1) is 34.1 Å². The van der Waals surface area contributed by atoms with Crippen LogP contribution in [0.4, 0.5) is 10.1 Å². The summed E-state index contributed by atoms with van der Waals surface area (Å²) in [5.41, 5.74) is 8.66. The molecule has 0 aliphatic rings. The van der Waals surface area contributed by atoms with E-state index in [2.05, 4.69) is 25.9 Å². The first-order chi connectivity index (χ1) is 16.4. The average molecular weight is 528 g/mol. The Morgan fingerprint density at radius 3 is 2.71 bits per heavy atom. The molecule has 4 rings (SSSR count). The van der Waals surface area contributed by atoms with Crippen LogP contribution in [0.5, 0.6) is 11.5 Å². The minimum absolute atomic E-state index is 0.0359. The van der Waals surface area contributed by atoms with Crippen molar-refractivity contribution in [3.05, 3.63) is 81.8 Å². The number of nitrogens with two attached hydrogens (primary N) is 1. The maximum atomic E-state index is 14.4. The molecule has 1 heterocycles. The summed E-state index contributed by atoms with van der Waals surface area (Å²) in [6.07, 6.45) is -0.0658. The van der Waals surface area contributed by atoms with E-state index in [1.807, 2.05) is 24.3 Å². The van der Waals surface area contributed by atoms with E-state index in [0.29, 0.717) is 27.4 Å². The van der Waals surface area contributed by atoms with E-state index in [1.165, 1.54) is 32.4 Å². The van der Waals surface area contributed by atoms with Crippen LogP contribution in [0.15, 0.2) is 59.1 Å². The highest BCUT2D eigenvalue weighted by Crippen LogP contribution is 2.39. The molecule has 0 amide bonds. The summed E-state index contributed by atoms with van der Waals surface area (Å²) in [7, 11) is 2.96. The van der Waals surface area contributed by atoms with Gasteiger partial charge in [-0.2, -0.15) is 0 Å². The van der Waals surface area contributed by atoms with Crippen molar-refractivity contribution < 1.29 is 23.4 Å². The maximum Gasteiger partial charge on any atom is 0.188 e. The summed E-state index contributed by atoms with van der Waals surface area (Å²) in [5.74, 6) is -0.199. The smallest absolute Gasteiger partial charge is 0.188 e. The standard InChI is InChI=1S/C25H23BrFN3O4/c1-32-13-34-22-10-7-14(27)11-15(22)16(25-29-19-5-3-4-6-20(19)30-25)12-21(31)23-18(28)9-8-17(26)24(23)33-2/h3-11,16H,12-13,28H2,1-2H3,(H,29,30). The molecular weight excluding hydrogens is 505 g/mol. The topological polar surface area (TPSA) is 99.5 Å². The lowest BCUT2D eigenvalue weighted by Gasteiger charge is -2.20. The molecule has 0 saturated heterocycles. The summed E-state index contributed by atoms with van der Waals surface area (Å²) in [6.45, 7) is -0.0359. The van der Waals surface area contributed by atoms with E-state index in [4.69, 9.17) is 19.9 Å². The average Bonchev–Trinajstić information content (AvgIpc) is 3.26. The van der Waals surface area contributed by atoms with Crippen LogP contribution in [-0.2, 0) is 4.74 Å². The molecule has 9 heteroatoms. The molecule has 0 aliphatic heterocycles. The number of imidazole rings is 1. The Balaban J connectivity index is 1.84. The van der Waals surface area contributed by atoms with Gasteiger partial charge in [0.1, 0.15) is 23.1 Å². The molecule has 4 aromatic rings. The van der Waals surface area contributed by atoms with Gasteiger partial charge in [0.2, 0.25) is 0 Å². The molecule has 0 aliphatic carbocycles. The van der Waals surface area contributed by atoms with Gasteiger partial charge in [-0.25, -0.2) is 9.37 Å². The highest BCUT2D eigenvalue weighted by Gasteiger charge is 2.29. The van der Waals surface area contributed by atoms with Gasteiger partial charge in [-0.15, -0.1) is 0 Å². The van der Waals surface area contributed by atoms with E-state index in [1.54, 1.807) is 12.1 Å². The lowest BCUT2D eigenvalue weighted by atomic mass is 9.89. The number of methoxy groups -OCH3 is 2. The Morgan fingerprint density at radius 2 is 1.97 bits per heavy atom. The highest BCUT2D eigenvalue weighted by molar-refractivity contribution is 9.10. The maximum absolute atomic E-state index is 14.4. The van der Waals surface area contributed by atoms with Crippen LogP contribution < -0.4 is 15.2 Å². The van der Waals surface area contributed by atoms with Crippen molar-refractivity contribution >= 4 is 38.4 Å². The number of benzene rings is 3. The Bertz CT molecular complexity index is 1310. The van der Waals surface area contributed by atoms with Crippen LogP contribution in [0.2, 0.25) is 0 Å². The Labute approximate surface area is 204 Å². The zero-order chi connectivity index (χ0) is 24.2. The molecule has 0 bridgehead atoms. The lowest BCUT2D eigenvalue weighted by molar-refractivity contribution is 0.0501. The van der Waals surface area contributed by atoms with Crippen LogP contribution in [0, 0.1) is 5.82 Å².